The summed E-state index contributed by atoms with van der Waals surface area (Å²) in [6.45, 7) is 9.85. The van der Waals surface area contributed by atoms with E-state index in [0.717, 1.165) is 32.8 Å². The molecule has 0 aromatic carbocycles. The normalized spacial score (nSPS) is 30.7. The largest absolute Gasteiger partial charge is 0.383 e. The molecular weight excluding hydrogens is 164 g/mol. The topological polar surface area (TPSA) is 24.5 Å². The average Bonchev–Trinajstić information content (AvgIpc) is 2.17. The van der Waals surface area contributed by atoms with Gasteiger partial charge in [-0.25, -0.2) is 0 Å². The quantitative estimate of drug-likeness (QED) is 0.699. The highest BCUT2D eigenvalue weighted by Gasteiger charge is 2.31. The molecule has 1 fully saturated rings. The Morgan fingerprint density at radius 1 is 1.54 bits per heavy atom. The smallest absolute Gasteiger partial charge is 0.0589 e. The first-order valence-corrected chi connectivity index (χ1v) is 5.17. The zero-order chi connectivity index (χ0) is 9.73. The van der Waals surface area contributed by atoms with Crippen LogP contribution in [0.2, 0.25) is 0 Å². The second-order valence-corrected chi connectivity index (χ2v) is 4.01. The second-order valence-electron chi connectivity index (χ2n) is 4.01. The van der Waals surface area contributed by atoms with Gasteiger partial charge in [0.2, 0.25) is 0 Å². The highest BCUT2D eigenvalue weighted by Crippen LogP contribution is 2.20. The summed E-state index contributed by atoms with van der Waals surface area (Å²) in [6.07, 6.45) is 1.20. The Morgan fingerprint density at radius 3 is 2.92 bits per heavy atom. The van der Waals surface area contributed by atoms with E-state index in [0.29, 0.717) is 5.54 Å². The van der Waals surface area contributed by atoms with Gasteiger partial charge in [0.15, 0.2) is 0 Å². The summed E-state index contributed by atoms with van der Waals surface area (Å²) in [7, 11) is 1.77. The fourth-order valence-electron chi connectivity index (χ4n) is 1.89. The third kappa shape index (κ3) is 2.66. The molecule has 0 amide bonds. The fraction of sp³-hybridized carbons (Fsp3) is 1.00. The second kappa shape index (κ2) is 4.94. The molecule has 1 aliphatic heterocycles. The predicted octanol–water partition coefficient (Wildman–Crippen LogP) is 0.707. The molecule has 0 bridgehead atoms. The van der Waals surface area contributed by atoms with Gasteiger partial charge in [-0.15, -0.1) is 0 Å². The van der Waals surface area contributed by atoms with Crippen molar-refractivity contribution in [2.45, 2.75) is 25.8 Å². The van der Waals surface area contributed by atoms with Crippen molar-refractivity contribution in [3.05, 3.63) is 0 Å². The van der Waals surface area contributed by atoms with Crippen LogP contribution in [-0.4, -0.2) is 50.3 Å². The lowest BCUT2D eigenvalue weighted by Gasteiger charge is -2.44. The number of methoxy groups -OCH3 is 1. The Hall–Kier alpha value is -0.120. The molecule has 0 saturated carbocycles. The molecule has 1 N–H and O–H groups in total. The minimum absolute atomic E-state index is 0.330. The van der Waals surface area contributed by atoms with E-state index in [9.17, 15) is 0 Å². The van der Waals surface area contributed by atoms with Crippen molar-refractivity contribution < 1.29 is 4.74 Å². The number of nitrogens with zero attached hydrogens (tertiary/aromatic N) is 1. The van der Waals surface area contributed by atoms with E-state index >= 15 is 0 Å². The summed E-state index contributed by atoms with van der Waals surface area (Å²) in [5.41, 5.74) is 0.330. The SMILES string of the molecule is CCC1(C)CNCCN1CCOC. The fourth-order valence-corrected chi connectivity index (χ4v) is 1.89. The maximum atomic E-state index is 5.12. The van der Waals surface area contributed by atoms with E-state index in [-0.39, 0.29) is 0 Å². The van der Waals surface area contributed by atoms with Crippen molar-refractivity contribution in [2.75, 3.05) is 39.9 Å². The lowest BCUT2D eigenvalue weighted by molar-refractivity contribution is 0.0439. The van der Waals surface area contributed by atoms with Crippen molar-refractivity contribution in [1.82, 2.24) is 10.2 Å². The number of rotatable bonds is 4. The third-order valence-electron chi connectivity index (χ3n) is 3.15. The molecule has 78 valence electrons. The molecule has 0 aromatic rings. The third-order valence-corrected chi connectivity index (χ3v) is 3.15. The van der Waals surface area contributed by atoms with Crippen molar-refractivity contribution in [3.8, 4) is 0 Å². The van der Waals surface area contributed by atoms with Crippen LogP contribution in [0, 0.1) is 0 Å². The zero-order valence-corrected chi connectivity index (χ0v) is 9.10. The molecule has 1 heterocycles. The average molecular weight is 186 g/mol. The van der Waals surface area contributed by atoms with Gasteiger partial charge in [0.05, 0.1) is 6.61 Å². The van der Waals surface area contributed by atoms with Crippen molar-refractivity contribution in [3.63, 3.8) is 0 Å². The van der Waals surface area contributed by atoms with Gasteiger partial charge in [-0.3, -0.25) is 4.90 Å². The van der Waals surface area contributed by atoms with Crippen LogP contribution in [0.4, 0.5) is 0 Å². The number of nitrogens with one attached hydrogen (secondary N) is 1. The lowest BCUT2D eigenvalue weighted by Crippen LogP contribution is -2.59. The number of piperazine rings is 1. The van der Waals surface area contributed by atoms with Crippen molar-refractivity contribution in [2.24, 2.45) is 0 Å². The van der Waals surface area contributed by atoms with Crippen LogP contribution >= 0.6 is 0 Å². The van der Waals surface area contributed by atoms with E-state index < -0.39 is 0 Å². The Kier molecular flexibility index (Phi) is 4.16. The first-order chi connectivity index (χ1) is 6.23. The van der Waals surface area contributed by atoms with Gasteiger partial charge in [0.25, 0.3) is 0 Å². The molecule has 3 nitrogen and oxygen atoms in total. The highest BCUT2D eigenvalue weighted by atomic mass is 16.5. The Morgan fingerprint density at radius 2 is 2.31 bits per heavy atom. The molecule has 0 spiro atoms. The minimum Gasteiger partial charge on any atom is -0.383 e. The van der Waals surface area contributed by atoms with E-state index in [2.05, 4.69) is 24.1 Å². The van der Waals surface area contributed by atoms with Gasteiger partial charge >= 0.3 is 0 Å². The van der Waals surface area contributed by atoms with Gasteiger partial charge in [-0.05, 0) is 13.3 Å². The molecule has 1 saturated heterocycles. The molecule has 0 aliphatic carbocycles. The van der Waals surface area contributed by atoms with Gasteiger partial charge in [-0.1, -0.05) is 6.92 Å². The van der Waals surface area contributed by atoms with Crippen molar-refractivity contribution in [1.29, 1.82) is 0 Å². The lowest BCUT2D eigenvalue weighted by atomic mass is 9.94. The van der Waals surface area contributed by atoms with Crippen LogP contribution in [0.1, 0.15) is 20.3 Å². The Balaban J connectivity index is 2.46. The van der Waals surface area contributed by atoms with E-state index in [4.69, 9.17) is 4.74 Å². The Labute approximate surface area is 81.4 Å². The minimum atomic E-state index is 0.330. The zero-order valence-electron chi connectivity index (χ0n) is 9.10. The summed E-state index contributed by atoms with van der Waals surface area (Å²) >= 11 is 0. The van der Waals surface area contributed by atoms with Gasteiger partial charge in [0.1, 0.15) is 0 Å². The molecular formula is C10H22N2O. The van der Waals surface area contributed by atoms with Crippen LogP contribution in [0.3, 0.4) is 0 Å². The summed E-state index contributed by atoms with van der Waals surface area (Å²) in [5, 5.41) is 3.45. The van der Waals surface area contributed by atoms with Crippen LogP contribution < -0.4 is 5.32 Å². The van der Waals surface area contributed by atoms with Gasteiger partial charge in [-0.2, -0.15) is 0 Å². The maximum absolute atomic E-state index is 5.12. The predicted molar refractivity (Wildman–Crippen MR) is 55.0 cm³/mol. The van der Waals surface area contributed by atoms with Gasteiger partial charge in [0, 0.05) is 38.8 Å². The summed E-state index contributed by atoms with van der Waals surface area (Å²) < 4.78 is 5.12. The van der Waals surface area contributed by atoms with Crippen molar-refractivity contribution >= 4 is 0 Å². The summed E-state index contributed by atoms with van der Waals surface area (Å²) in [6, 6.07) is 0. The van der Waals surface area contributed by atoms with E-state index in [1.165, 1.54) is 6.42 Å². The molecule has 3 heteroatoms. The van der Waals surface area contributed by atoms with Crippen LogP contribution in [0.15, 0.2) is 0 Å². The monoisotopic (exact) mass is 186 g/mol. The molecule has 0 radical (unpaired) electrons. The number of ether oxygens (including phenoxy) is 1. The molecule has 1 rings (SSSR count). The number of hydrogen-bond acceptors (Lipinski definition) is 3. The molecule has 1 unspecified atom stereocenters. The van der Waals surface area contributed by atoms with Crippen LogP contribution in [0.5, 0.6) is 0 Å². The van der Waals surface area contributed by atoms with Gasteiger partial charge < -0.3 is 10.1 Å². The Bertz CT molecular complexity index is 152. The summed E-state index contributed by atoms with van der Waals surface area (Å²) in [5.74, 6) is 0. The molecule has 1 aliphatic rings. The number of hydrogen-bond donors (Lipinski definition) is 1. The highest BCUT2D eigenvalue weighted by molar-refractivity contribution is 4.90. The maximum Gasteiger partial charge on any atom is 0.0589 e. The van der Waals surface area contributed by atoms with E-state index in [1.807, 2.05) is 0 Å². The summed E-state index contributed by atoms with van der Waals surface area (Å²) in [4.78, 5) is 2.53. The van der Waals surface area contributed by atoms with Crippen LogP contribution in [0.25, 0.3) is 0 Å². The standard InChI is InChI=1S/C10H22N2O/c1-4-10(2)9-11-5-6-12(10)7-8-13-3/h11H,4-9H2,1-3H3. The first-order valence-electron chi connectivity index (χ1n) is 5.17. The molecule has 0 aromatic heterocycles. The van der Waals surface area contributed by atoms with Crippen LogP contribution in [-0.2, 0) is 4.74 Å². The molecule has 13 heavy (non-hydrogen) atoms. The molecule has 1 atom stereocenters. The van der Waals surface area contributed by atoms with E-state index in [1.54, 1.807) is 7.11 Å². The first kappa shape index (κ1) is 11.0.